The number of halogens is 3. The number of hydrogen-bond acceptors (Lipinski definition) is 4. The number of hydrogen-bond donors (Lipinski definition) is 2. The van der Waals surface area contributed by atoms with Crippen molar-refractivity contribution in [1.82, 2.24) is 4.90 Å². The van der Waals surface area contributed by atoms with Gasteiger partial charge in [-0.15, -0.1) is 35.6 Å². The molecule has 0 spiro atoms. The van der Waals surface area contributed by atoms with E-state index >= 15 is 0 Å². The fourth-order valence-electron chi connectivity index (χ4n) is 1.60. The largest absolute Gasteiger partial charge is 0.409 e. The molecule has 0 radical (unpaired) electrons. The minimum atomic E-state index is 0. The number of para-hydroxylation sites is 1. The first-order valence-electron chi connectivity index (χ1n) is 6.17. The molecular formula is C13H19Cl3N4O. The minimum absolute atomic E-state index is 0. The van der Waals surface area contributed by atoms with Crippen molar-refractivity contribution in [3.8, 4) is 0 Å². The Morgan fingerprint density at radius 3 is 2.24 bits per heavy atom. The molecule has 118 valence electrons. The molecule has 1 aromatic carbocycles. The molecule has 0 fully saturated rings. The number of anilines is 1. The van der Waals surface area contributed by atoms with Gasteiger partial charge in [-0.25, -0.2) is 0 Å². The van der Waals surface area contributed by atoms with Crippen LogP contribution in [0.5, 0.6) is 0 Å². The van der Waals surface area contributed by atoms with Gasteiger partial charge in [-0.05, 0) is 19.1 Å². The molecule has 1 rings (SSSR count). The number of nitrogens with one attached hydrogen (secondary N) is 1. The van der Waals surface area contributed by atoms with Gasteiger partial charge < -0.3 is 10.1 Å². The second kappa shape index (κ2) is 11.5. The number of oxime groups is 1. The molecule has 0 saturated carbocycles. The molecule has 0 atom stereocenters. The Bertz CT molecular complexity index is 448. The maximum absolute atomic E-state index is 9.17. The Balaban J connectivity index is 0.00000400. The summed E-state index contributed by atoms with van der Waals surface area (Å²) < 4.78 is 0. The fraction of sp³-hybridized carbons (Fsp3) is 0.385. The van der Waals surface area contributed by atoms with Crippen molar-refractivity contribution in [2.75, 3.05) is 30.3 Å². The van der Waals surface area contributed by atoms with Crippen molar-refractivity contribution in [3.63, 3.8) is 0 Å². The van der Waals surface area contributed by atoms with E-state index in [1.807, 2.05) is 30.3 Å². The van der Waals surface area contributed by atoms with Crippen molar-refractivity contribution in [2.24, 2.45) is 10.3 Å². The molecule has 8 heteroatoms. The lowest BCUT2D eigenvalue weighted by Crippen LogP contribution is -2.38. The maximum Gasteiger partial charge on any atom is 0.191 e. The molecule has 0 unspecified atom stereocenters. The molecule has 1 aromatic rings. The topological polar surface area (TPSA) is 60.2 Å². The summed E-state index contributed by atoms with van der Waals surface area (Å²) in [5, 5.41) is 16.7. The fourth-order valence-corrected chi connectivity index (χ4v) is 2.01. The van der Waals surface area contributed by atoms with E-state index in [2.05, 4.69) is 15.7 Å². The lowest BCUT2D eigenvalue weighted by molar-refractivity contribution is 0.306. The summed E-state index contributed by atoms with van der Waals surface area (Å²) in [6, 6.07) is 9.51. The summed E-state index contributed by atoms with van der Waals surface area (Å²) in [5.74, 6) is 1.18. The molecule has 5 nitrogen and oxygen atoms in total. The third kappa shape index (κ3) is 6.89. The maximum atomic E-state index is 9.17. The molecule has 0 amide bonds. The van der Waals surface area contributed by atoms with E-state index in [0.29, 0.717) is 36.4 Å². The van der Waals surface area contributed by atoms with Gasteiger partial charge in [-0.3, -0.25) is 5.43 Å². The van der Waals surface area contributed by atoms with Gasteiger partial charge in [0, 0.05) is 24.8 Å². The standard InChI is InChI=1S/C13H18Cl2N4O.ClH/c1-11(16-17-12-5-3-2-4-6-12)13(18-20)19(9-7-14)10-8-15;/h2-6,17,20H,7-10H2,1H3;1H/b16-11+,18-13-;. The van der Waals surface area contributed by atoms with E-state index in [1.165, 1.54) is 0 Å². The first kappa shape index (κ1) is 19.8. The summed E-state index contributed by atoms with van der Waals surface area (Å²) in [6.07, 6.45) is 0. The number of nitrogens with zero attached hydrogens (tertiary/aromatic N) is 3. The smallest absolute Gasteiger partial charge is 0.191 e. The number of amidine groups is 1. The highest BCUT2D eigenvalue weighted by Gasteiger charge is 2.14. The Morgan fingerprint density at radius 2 is 1.76 bits per heavy atom. The van der Waals surface area contributed by atoms with Crippen molar-refractivity contribution in [3.05, 3.63) is 30.3 Å². The predicted molar refractivity (Wildman–Crippen MR) is 92.7 cm³/mol. The molecule has 2 N–H and O–H groups in total. The summed E-state index contributed by atoms with van der Waals surface area (Å²) >= 11 is 11.5. The second-order valence-electron chi connectivity index (χ2n) is 3.96. The molecular weight excluding hydrogens is 335 g/mol. The number of benzene rings is 1. The van der Waals surface area contributed by atoms with Gasteiger partial charge >= 0.3 is 0 Å². The first-order valence-corrected chi connectivity index (χ1v) is 7.24. The zero-order valence-corrected chi connectivity index (χ0v) is 14.0. The summed E-state index contributed by atoms with van der Waals surface area (Å²) in [7, 11) is 0. The molecule has 0 aliphatic rings. The zero-order valence-electron chi connectivity index (χ0n) is 11.7. The molecule has 0 saturated heterocycles. The van der Waals surface area contributed by atoms with Crippen molar-refractivity contribution in [2.45, 2.75) is 6.92 Å². The van der Waals surface area contributed by atoms with Gasteiger partial charge in [0.1, 0.15) is 5.71 Å². The molecule has 0 aliphatic heterocycles. The quantitative estimate of drug-likeness (QED) is 0.259. The van der Waals surface area contributed by atoms with Gasteiger partial charge in [0.05, 0.1) is 5.69 Å². The summed E-state index contributed by atoms with van der Waals surface area (Å²) in [6.45, 7) is 2.82. The second-order valence-corrected chi connectivity index (χ2v) is 4.72. The summed E-state index contributed by atoms with van der Waals surface area (Å²) in [4.78, 5) is 1.78. The average Bonchev–Trinajstić information content (AvgIpc) is 2.47. The van der Waals surface area contributed by atoms with Gasteiger partial charge in [0.15, 0.2) is 5.84 Å². The van der Waals surface area contributed by atoms with E-state index in [0.717, 1.165) is 5.69 Å². The number of alkyl halides is 2. The normalized spacial score (nSPS) is 11.8. The van der Waals surface area contributed by atoms with Gasteiger partial charge in [0.25, 0.3) is 0 Å². The SMILES string of the molecule is CC(=N\Nc1ccccc1)/C(=N/O)N(CCCl)CCCl.Cl. The van der Waals surface area contributed by atoms with Gasteiger partial charge in [-0.2, -0.15) is 5.10 Å². The molecule has 0 aromatic heterocycles. The monoisotopic (exact) mass is 352 g/mol. The van der Waals surface area contributed by atoms with Gasteiger partial charge in [-0.1, -0.05) is 23.4 Å². The first-order chi connectivity index (χ1) is 9.72. The van der Waals surface area contributed by atoms with E-state index in [4.69, 9.17) is 28.4 Å². The van der Waals surface area contributed by atoms with Crippen LogP contribution in [-0.4, -0.2) is 46.5 Å². The average molecular weight is 354 g/mol. The van der Waals surface area contributed by atoms with Crippen molar-refractivity contribution in [1.29, 1.82) is 0 Å². The summed E-state index contributed by atoms with van der Waals surface area (Å²) in [5.41, 5.74) is 4.30. The highest BCUT2D eigenvalue weighted by Crippen LogP contribution is 2.05. The Hall–Kier alpha value is -1.17. The molecule has 0 aliphatic carbocycles. The Kier molecular flexibility index (Phi) is 10.8. The van der Waals surface area contributed by atoms with Gasteiger partial charge in [0.2, 0.25) is 0 Å². The predicted octanol–water partition coefficient (Wildman–Crippen LogP) is 3.46. The Morgan fingerprint density at radius 1 is 1.19 bits per heavy atom. The highest BCUT2D eigenvalue weighted by atomic mass is 35.5. The third-order valence-electron chi connectivity index (χ3n) is 2.55. The van der Waals surface area contributed by atoms with Crippen LogP contribution >= 0.6 is 35.6 Å². The highest BCUT2D eigenvalue weighted by molar-refractivity contribution is 6.40. The van der Waals surface area contributed by atoms with Crippen LogP contribution in [0.4, 0.5) is 5.69 Å². The van der Waals surface area contributed by atoms with Crippen LogP contribution in [0.25, 0.3) is 0 Å². The van der Waals surface area contributed by atoms with E-state index in [1.54, 1.807) is 11.8 Å². The molecule has 0 bridgehead atoms. The lowest BCUT2D eigenvalue weighted by Gasteiger charge is -2.22. The van der Waals surface area contributed by atoms with E-state index < -0.39 is 0 Å². The minimum Gasteiger partial charge on any atom is -0.409 e. The van der Waals surface area contributed by atoms with Crippen LogP contribution in [-0.2, 0) is 0 Å². The number of hydrazone groups is 1. The Labute approximate surface area is 141 Å². The molecule has 0 heterocycles. The van der Waals surface area contributed by atoms with Crippen LogP contribution < -0.4 is 5.43 Å². The van der Waals surface area contributed by atoms with Crippen LogP contribution in [0, 0.1) is 0 Å². The number of rotatable bonds is 7. The van der Waals surface area contributed by atoms with Crippen LogP contribution in [0.1, 0.15) is 6.92 Å². The van der Waals surface area contributed by atoms with E-state index in [-0.39, 0.29) is 12.4 Å². The molecule has 21 heavy (non-hydrogen) atoms. The lowest BCUT2D eigenvalue weighted by atomic mass is 10.3. The van der Waals surface area contributed by atoms with E-state index in [9.17, 15) is 0 Å². The zero-order chi connectivity index (χ0) is 14.8. The van der Waals surface area contributed by atoms with Crippen molar-refractivity contribution < 1.29 is 5.21 Å². The van der Waals surface area contributed by atoms with Crippen molar-refractivity contribution >= 4 is 52.8 Å². The van der Waals surface area contributed by atoms with Crippen LogP contribution in [0.15, 0.2) is 40.6 Å². The third-order valence-corrected chi connectivity index (χ3v) is 2.89. The van der Waals surface area contributed by atoms with Crippen LogP contribution in [0.2, 0.25) is 0 Å². The van der Waals surface area contributed by atoms with Crippen LogP contribution in [0.3, 0.4) is 0 Å².